The van der Waals surface area contributed by atoms with E-state index < -0.39 is 17.2 Å². The van der Waals surface area contributed by atoms with Crippen LogP contribution in [0.15, 0.2) is 24.3 Å². The molecule has 0 spiro atoms. The van der Waals surface area contributed by atoms with E-state index in [4.69, 9.17) is 15.2 Å². The van der Waals surface area contributed by atoms with Gasteiger partial charge in [-0.15, -0.1) is 0 Å². The van der Waals surface area contributed by atoms with Gasteiger partial charge in [-0.3, -0.25) is 4.79 Å². The van der Waals surface area contributed by atoms with E-state index in [1.54, 1.807) is 26.2 Å². The minimum absolute atomic E-state index is 0.0685. The van der Waals surface area contributed by atoms with E-state index in [1.807, 2.05) is 0 Å². The summed E-state index contributed by atoms with van der Waals surface area (Å²) in [5.41, 5.74) is 5.37. The lowest BCUT2D eigenvalue weighted by atomic mass is 9.76. The van der Waals surface area contributed by atoms with E-state index in [0.717, 1.165) is 0 Å². The molecular weight excluding hydrogens is 261 g/mol. The van der Waals surface area contributed by atoms with Crippen LogP contribution in [0, 0.1) is 5.82 Å². The average Bonchev–Trinajstić information content (AvgIpc) is 2.44. The third-order valence-corrected chi connectivity index (χ3v) is 3.34. The molecule has 0 aromatic heterocycles. The lowest BCUT2D eigenvalue weighted by Crippen LogP contribution is -2.44. The Morgan fingerprint density at radius 3 is 2.75 bits per heavy atom. The molecule has 0 bridgehead atoms. The molecule has 2 N–H and O–H groups in total. The minimum Gasteiger partial charge on any atom is -0.465 e. The molecule has 0 saturated heterocycles. The van der Waals surface area contributed by atoms with Crippen LogP contribution in [0.2, 0.25) is 0 Å². The molecule has 0 saturated carbocycles. The van der Waals surface area contributed by atoms with E-state index in [2.05, 4.69) is 0 Å². The summed E-state index contributed by atoms with van der Waals surface area (Å²) in [6.07, 6.45) is 1.10. The van der Waals surface area contributed by atoms with Gasteiger partial charge >= 0.3 is 5.97 Å². The van der Waals surface area contributed by atoms with Gasteiger partial charge in [-0.1, -0.05) is 12.1 Å². The third kappa shape index (κ3) is 3.77. The summed E-state index contributed by atoms with van der Waals surface area (Å²) < 4.78 is 23.6. The van der Waals surface area contributed by atoms with Crippen molar-refractivity contribution in [2.45, 2.75) is 25.2 Å². The minimum atomic E-state index is -1.02. The predicted octanol–water partition coefficient (Wildman–Crippen LogP) is 2.01. The molecular formula is C15H22FNO3. The average molecular weight is 283 g/mol. The maximum absolute atomic E-state index is 13.5. The molecule has 1 rings (SSSR count). The highest BCUT2D eigenvalue weighted by atomic mass is 19.1. The quantitative estimate of drug-likeness (QED) is 0.585. The molecule has 0 amide bonds. The Morgan fingerprint density at radius 2 is 2.20 bits per heavy atom. The topological polar surface area (TPSA) is 61.5 Å². The molecule has 0 heterocycles. The summed E-state index contributed by atoms with van der Waals surface area (Å²) in [5, 5.41) is 0. The second-order valence-corrected chi connectivity index (χ2v) is 4.61. The van der Waals surface area contributed by atoms with Gasteiger partial charge in [0.15, 0.2) is 0 Å². The summed E-state index contributed by atoms with van der Waals surface area (Å²) >= 11 is 0. The number of esters is 1. The molecule has 112 valence electrons. The molecule has 0 radical (unpaired) electrons. The van der Waals surface area contributed by atoms with Crippen LogP contribution in [0.1, 0.15) is 25.3 Å². The smallest absolute Gasteiger partial charge is 0.317 e. The molecule has 4 nitrogen and oxygen atoms in total. The second-order valence-electron chi connectivity index (χ2n) is 4.61. The molecule has 20 heavy (non-hydrogen) atoms. The number of methoxy groups -OCH3 is 1. The lowest BCUT2D eigenvalue weighted by molar-refractivity contribution is -0.150. The van der Waals surface area contributed by atoms with Gasteiger partial charge in [0.1, 0.15) is 11.2 Å². The summed E-state index contributed by atoms with van der Waals surface area (Å²) in [6.45, 7) is 2.58. The molecule has 1 atom stereocenters. The molecule has 0 aliphatic heterocycles. The maximum Gasteiger partial charge on any atom is 0.317 e. The number of carbonyl (C=O) groups excluding carboxylic acids is 1. The zero-order chi connectivity index (χ0) is 15.0. The van der Waals surface area contributed by atoms with Crippen LogP contribution in [0.5, 0.6) is 0 Å². The maximum atomic E-state index is 13.5. The highest BCUT2D eigenvalue weighted by molar-refractivity contribution is 5.83. The standard InChI is InChI=1S/C15H22FNO3/c1-3-20-14(18)15(11-17,8-5-9-19-2)12-6-4-7-13(16)10-12/h4,6-7,10H,3,5,8-9,11,17H2,1-2H3. The van der Waals surface area contributed by atoms with Crippen LogP contribution in [-0.4, -0.2) is 32.8 Å². The summed E-state index contributed by atoms with van der Waals surface area (Å²) in [5.74, 6) is -0.805. The van der Waals surface area contributed by atoms with E-state index in [1.165, 1.54) is 12.1 Å². The largest absolute Gasteiger partial charge is 0.465 e. The SMILES string of the molecule is CCOC(=O)C(CN)(CCCOC)c1cccc(F)c1. The van der Waals surface area contributed by atoms with Crippen molar-refractivity contribution in [3.8, 4) is 0 Å². The number of carbonyl (C=O) groups is 1. The van der Waals surface area contributed by atoms with Gasteiger partial charge in [0.25, 0.3) is 0 Å². The van der Waals surface area contributed by atoms with Crippen LogP contribution in [0.25, 0.3) is 0 Å². The van der Waals surface area contributed by atoms with Crippen molar-refractivity contribution in [2.24, 2.45) is 5.73 Å². The predicted molar refractivity (Wildman–Crippen MR) is 74.9 cm³/mol. The molecule has 0 aliphatic carbocycles. The number of hydrogen-bond donors (Lipinski definition) is 1. The van der Waals surface area contributed by atoms with Crippen molar-refractivity contribution in [3.63, 3.8) is 0 Å². The Morgan fingerprint density at radius 1 is 1.45 bits per heavy atom. The van der Waals surface area contributed by atoms with Gasteiger partial charge in [-0.2, -0.15) is 0 Å². The fourth-order valence-corrected chi connectivity index (χ4v) is 2.24. The van der Waals surface area contributed by atoms with Crippen LogP contribution in [0.3, 0.4) is 0 Å². The van der Waals surface area contributed by atoms with E-state index in [0.29, 0.717) is 25.0 Å². The molecule has 5 heteroatoms. The van der Waals surface area contributed by atoms with Crippen LogP contribution < -0.4 is 5.73 Å². The zero-order valence-corrected chi connectivity index (χ0v) is 12.0. The molecule has 0 fully saturated rings. The molecule has 1 aromatic carbocycles. The number of rotatable bonds is 8. The molecule has 0 aliphatic rings. The Bertz CT molecular complexity index is 439. The molecule has 1 unspecified atom stereocenters. The first-order valence-corrected chi connectivity index (χ1v) is 6.73. The van der Waals surface area contributed by atoms with Crippen molar-refractivity contribution in [1.82, 2.24) is 0 Å². The fraction of sp³-hybridized carbons (Fsp3) is 0.533. The Kier molecular flexibility index (Phi) is 6.61. The highest BCUT2D eigenvalue weighted by Crippen LogP contribution is 2.31. The first kappa shape index (κ1) is 16.6. The van der Waals surface area contributed by atoms with E-state index >= 15 is 0 Å². The normalized spacial score (nSPS) is 13.8. The number of benzene rings is 1. The number of nitrogens with two attached hydrogens (primary N) is 1. The zero-order valence-electron chi connectivity index (χ0n) is 12.0. The monoisotopic (exact) mass is 283 g/mol. The van der Waals surface area contributed by atoms with Gasteiger partial charge in [0, 0.05) is 20.3 Å². The number of hydrogen-bond acceptors (Lipinski definition) is 4. The number of ether oxygens (including phenoxy) is 2. The van der Waals surface area contributed by atoms with E-state index in [9.17, 15) is 9.18 Å². The van der Waals surface area contributed by atoms with Crippen molar-refractivity contribution in [3.05, 3.63) is 35.6 Å². The van der Waals surface area contributed by atoms with Gasteiger partial charge in [0.2, 0.25) is 0 Å². The summed E-state index contributed by atoms with van der Waals surface area (Å²) in [4.78, 5) is 12.3. The fourth-order valence-electron chi connectivity index (χ4n) is 2.24. The van der Waals surface area contributed by atoms with Gasteiger partial charge in [-0.05, 0) is 37.5 Å². The van der Waals surface area contributed by atoms with Crippen LogP contribution >= 0.6 is 0 Å². The Balaban J connectivity index is 3.12. The van der Waals surface area contributed by atoms with Crippen molar-refractivity contribution < 1.29 is 18.7 Å². The second kappa shape index (κ2) is 7.97. The van der Waals surface area contributed by atoms with E-state index in [-0.39, 0.29) is 13.2 Å². The van der Waals surface area contributed by atoms with Crippen molar-refractivity contribution >= 4 is 5.97 Å². The van der Waals surface area contributed by atoms with Crippen molar-refractivity contribution in [1.29, 1.82) is 0 Å². The Hall–Kier alpha value is -1.46. The Labute approximate surface area is 119 Å². The van der Waals surface area contributed by atoms with Crippen LogP contribution in [-0.2, 0) is 19.7 Å². The summed E-state index contributed by atoms with van der Waals surface area (Å²) in [7, 11) is 1.59. The van der Waals surface area contributed by atoms with Gasteiger partial charge in [-0.25, -0.2) is 4.39 Å². The number of halogens is 1. The van der Waals surface area contributed by atoms with Gasteiger partial charge < -0.3 is 15.2 Å². The lowest BCUT2D eigenvalue weighted by Gasteiger charge is -2.30. The van der Waals surface area contributed by atoms with Crippen molar-refractivity contribution in [2.75, 3.05) is 26.9 Å². The summed E-state index contributed by atoms with van der Waals surface area (Å²) in [6, 6.07) is 5.96. The van der Waals surface area contributed by atoms with Crippen LogP contribution in [0.4, 0.5) is 4.39 Å². The first-order valence-electron chi connectivity index (χ1n) is 6.73. The third-order valence-electron chi connectivity index (χ3n) is 3.34. The highest BCUT2D eigenvalue weighted by Gasteiger charge is 2.40. The van der Waals surface area contributed by atoms with Gasteiger partial charge in [0.05, 0.1) is 6.61 Å². The first-order chi connectivity index (χ1) is 9.60. The molecule has 1 aromatic rings.